The lowest BCUT2D eigenvalue weighted by atomic mass is 10.0. The highest BCUT2D eigenvalue weighted by Gasteiger charge is 2.35. The van der Waals surface area contributed by atoms with Crippen LogP contribution in [-0.2, 0) is 32.6 Å². The minimum atomic E-state index is -4.18. The molecule has 0 aliphatic rings. The van der Waals surface area contributed by atoms with Crippen LogP contribution in [0.1, 0.15) is 30.5 Å². The van der Waals surface area contributed by atoms with Crippen molar-refractivity contribution in [3.05, 3.63) is 130 Å². The van der Waals surface area contributed by atoms with E-state index < -0.39 is 28.5 Å². The van der Waals surface area contributed by atoms with Crippen molar-refractivity contribution in [2.45, 2.75) is 44.7 Å². The molecule has 0 radical (unpaired) electrons. The monoisotopic (exact) mass is 665 g/mol. The third-order valence-corrected chi connectivity index (χ3v) is 9.67. The van der Waals surface area contributed by atoms with Crippen molar-refractivity contribution < 1.29 is 18.0 Å². The minimum absolute atomic E-state index is 0.0452. The van der Waals surface area contributed by atoms with Crippen LogP contribution in [0, 0.1) is 12.8 Å². The number of hydrogen-bond acceptors (Lipinski definition) is 4. The Kier molecular flexibility index (Phi) is 11.7. The maximum atomic E-state index is 14.5. The molecule has 0 aliphatic heterocycles. The van der Waals surface area contributed by atoms with E-state index in [4.69, 9.17) is 23.2 Å². The number of rotatable bonds is 13. The lowest BCUT2D eigenvalue weighted by Gasteiger charge is -2.34. The molecule has 0 spiro atoms. The van der Waals surface area contributed by atoms with Crippen molar-refractivity contribution in [1.82, 2.24) is 10.2 Å². The third kappa shape index (κ3) is 8.87. The molecule has 1 atom stereocenters. The van der Waals surface area contributed by atoms with Crippen LogP contribution < -0.4 is 9.62 Å². The van der Waals surface area contributed by atoms with Gasteiger partial charge in [-0.1, -0.05) is 110 Å². The molecule has 0 saturated carbocycles. The molecule has 4 aromatic carbocycles. The maximum Gasteiger partial charge on any atom is 0.264 e. The average Bonchev–Trinajstić information content (AvgIpc) is 3.02. The molecule has 4 rings (SSSR count). The first kappa shape index (κ1) is 34.0. The number of aryl methyl sites for hydroxylation is 1. The van der Waals surface area contributed by atoms with Crippen molar-refractivity contribution in [2.24, 2.45) is 5.92 Å². The normalized spacial score (nSPS) is 12.0. The molecule has 0 bridgehead atoms. The lowest BCUT2D eigenvalue weighted by molar-refractivity contribution is -0.140. The summed E-state index contributed by atoms with van der Waals surface area (Å²) in [4.78, 5) is 29.9. The topological polar surface area (TPSA) is 86.8 Å². The number of nitrogens with one attached hydrogen (secondary N) is 1. The van der Waals surface area contributed by atoms with Gasteiger partial charge in [0.15, 0.2) is 0 Å². The van der Waals surface area contributed by atoms with E-state index in [-0.39, 0.29) is 29.7 Å². The smallest absolute Gasteiger partial charge is 0.264 e. The van der Waals surface area contributed by atoms with E-state index in [0.717, 1.165) is 9.87 Å². The van der Waals surface area contributed by atoms with Crippen LogP contribution in [0.5, 0.6) is 0 Å². The summed E-state index contributed by atoms with van der Waals surface area (Å²) >= 11 is 12.7. The lowest BCUT2D eigenvalue weighted by Crippen LogP contribution is -2.53. The number of anilines is 1. The van der Waals surface area contributed by atoms with Gasteiger partial charge in [0.1, 0.15) is 12.6 Å². The van der Waals surface area contributed by atoms with Gasteiger partial charge in [0.2, 0.25) is 11.8 Å². The summed E-state index contributed by atoms with van der Waals surface area (Å²) in [6.45, 7) is 5.57. The highest BCUT2D eigenvalue weighted by molar-refractivity contribution is 7.92. The first-order valence-corrected chi connectivity index (χ1v) is 16.9. The Bertz CT molecular complexity index is 1720. The first-order valence-electron chi connectivity index (χ1n) is 14.7. The molecule has 0 heterocycles. The average molecular weight is 667 g/mol. The number of carbonyl (C=O) groups is 2. The number of hydrogen-bond donors (Lipinski definition) is 1. The summed E-state index contributed by atoms with van der Waals surface area (Å²) in [7, 11) is -4.18. The van der Waals surface area contributed by atoms with Gasteiger partial charge in [-0.05, 0) is 59.9 Å². The molecule has 1 unspecified atom stereocenters. The molecule has 0 saturated heterocycles. The van der Waals surface area contributed by atoms with E-state index in [9.17, 15) is 18.0 Å². The number of halogens is 2. The van der Waals surface area contributed by atoms with Crippen LogP contribution >= 0.6 is 23.2 Å². The van der Waals surface area contributed by atoms with E-state index in [1.807, 2.05) is 44.2 Å². The summed E-state index contributed by atoms with van der Waals surface area (Å²) in [5.41, 5.74) is 2.45. The Hall–Kier alpha value is -3.85. The molecule has 0 aromatic heterocycles. The summed E-state index contributed by atoms with van der Waals surface area (Å²) in [6.07, 6.45) is 0.206. The zero-order chi connectivity index (χ0) is 32.6. The molecule has 4 aromatic rings. The van der Waals surface area contributed by atoms with E-state index in [1.165, 1.54) is 17.0 Å². The van der Waals surface area contributed by atoms with Gasteiger partial charge in [0.05, 0.1) is 10.6 Å². The quantitative estimate of drug-likeness (QED) is 0.168. The van der Waals surface area contributed by atoms with Crippen molar-refractivity contribution in [2.75, 3.05) is 17.4 Å². The fraction of sp³-hybridized carbons (Fsp3) is 0.257. The number of nitrogens with zero attached hydrogens (tertiary/aromatic N) is 2. The van der Waals surface area contributed by atoms with Crippen LogP contribution in [0.15, 0.2) is 108 Å². The van der Waals surface area contributed by atoms with Crippen LogP contribution in [0.25, 0.3) is 0 Å². The standard InChI is InChI=1S/C35H37Cl2N3O4S/c1-25(2)22-38-35(42)33(20-27-13-6-4-7-14-27)39(23-28-18-19-29(36)21-31(28)37)34(41)24-40(32-17-11-10-12-26(32)3)45(43,44)30-15-8-5-9-16-30/h4-19,21,25,33H,20,22-24H2,1-3H3,(H,38,42). The van der Waals surface area contributed by atoms with Gasteiger partial charge in [-0.15, -0.1) is 0 Å². The Morgan fingerprint density at radius 3 is 2.09 bits per heavy atom. The predicted molar refractivity (Wildman–Crippen MR) is 181 cm³/mol. The second-order valence-corrected chi connectivity index (χ2v) is 13.9. The van der Waals surface area contributed by atoms with Gasteiger partial charge in [-0.25, -0.2) is 8.42 Å². The van der Waals surface area contributed by atoms with E-state index >= 15 is 0 Å². The van der Waals surface area contributed by atoms with Gasteiger partial charge in [0.25, 0.3) is 10.0 Å². The molecular weight excluding hydrogens is 629 g/mol. The molecule has 0 aliphatic carbocycles. The van der Waals surface area contributed by atoms with Gasteiger partial charge in [-0.3, -0.25) is 13.9 Å². The molecule has 10 heteroatoms. The fourth-order valence-corrected chi connectivity index (χ4v) is 6.85. The second-order valence-electron chi connectivity index (χ2n) is 11.2. The molecular formula is C35H37Cl2N3O4S. The largest absolute Gasteiger partial charge is 0.354 e. The third-order valence-electron chi connectivity index (χ3n) is 7.31. The van der Waals surface area contributed by atoms with Crippen LogP contribution in [-0.4, -0.2) is 44.3 Å². The molecule has 0 fully saturated rings. The summed E-state index contributed by atoms with van der Waals surface area (Å²) < 4.78 is 29.3. The molecule has 7 nitrogen and oxygen atoms in total. The molecule has 1 N–H and O–H groups in total. The number of carbonyl (C=O) groups excluding carboxylic acids is 2. The summed E-state index contributed by atoms with van der Waals surface area (Å²) in [5, 5.41) is 3.73. The van der Waals surface area contributed by atoms with E-state index in [2.05, 4.69) is 5.32 Å². The van der Waals surface area contributed by atoms with Crippen LogP contribution in [0.3, 0.4) is 0 Å². The highest BCUT2D eigenvalue weighted by Crippen LogP contribution is 2.29. The van der Waals surface area contributed by atoms with E-state index in [1.54, 1.807) is 67.6 Å². The second kappa shape index (κ2) is 15.4. The van der Waals surface area contributed by atoms with Crippen LogP contribution in [0.2, 0.25) is 10.0 Å². The predicted octanol–water partition coefficient (Wildman–Crippen LogP) is 6.91. The SMILES string of the molecule is Cc1ccccc1N(CC(=O)N(Cc1ccc(Cl)cc1Cl)C(Cc1ccccc1)C(=O)NCC(C)C)S(=O)(=O)c1ccccc1. The zero-order valence-corrected chi connectivity index (χ0v) is 27.8. The minimum Gasteiger partial charge on any atom is -0.354 e. The molecule has 236 valence electrons. The van der Waals surface area contributed by atoms with Gasteiger partial charge >= 0.3 is 0 Å². The highest BCUT2D eigenvalue weighted by atomic mass is 35.5. The first-order chi connectivity index (χ1) is 21.5. The summed E-state index contributed by atoms with van der Waals surface area (Å²) in [6, 6.07) is 28.3. The van der Waals surface area contributed by atoms with Crippen molar-refractivity contribution in [3.8, 4) is 0 Å². The Morgan fingerprint density at radius 1 is 0.844 bits per heavy atom. The number of benzene rings is 4. The number of amides is 2. The molecule has 2 amide bonds. The zero-order valence-electron chi connectivity index (χ0n) is 25.5. The summed E-state index contributed by atoms with van der Waals surface area (Å²) in [5.74, 6) is -0.738. The fourth-order valence-electron chi connectivity index (χ4n) is 4.89. The Labute approximate surface area is 275 Å². The van der Waals surface area contributed by atoms with Crippen molar-refractivity contribution in [3.63, 3.8) is 0 Å². The Balaban J connectivity index is 1.82. The van der Waals surface area contributed by atoms with Crippen LogP contribution in [0.4, 0.5) is 5.69 Å². The van der Waals surface area contributed by atoms with Gasteiger partial charge < -0.3 is 10.2 Å². The van der Waals surface area contributed by atoms with Gasteiger partial charge in [-0.2, -0.15) is 0 Å². The number of para-hydroxylation sites is 1. The van der Waals surface area contributed by atoms with Gasteiger partial charge in [0, 0.05) is 29.6 Å². The Morgan fingerprint density at radius 2 is 1.47 bits per heavy atom. The van der Waals surface area contributed by atoms with Crippen molar-refractivity contribution in [1.29, 1.82) is 0 Å². The maximum absolute atomic E-state index is 14.5. The van der Waals surface area contributed by atoms with E-state index in [0.29, 0.717) is 33.4 Å². The molecule has 45 heavy (non-hydrogen) atoms. The number of sulfonamides is 1. The van der Waals surface area contributed by atoms with Crippen molar-refractivity contribution >= 4 is 50.7 Å².